The van der Waals surface area contributed by atoms with Gasteiger partial charge in [-0.15, -0.1) is 0 Å². The summed E-state index contributed by atoms with van der Waals surface area (Å²) in [6, 6.07) is 12.4. The van der Waals surface area contributed by atoms with E-state index in [1.807, 2.05) is 30.3 Å². The molecular weight excluding hydrogens is 474 g/mol. The van der Waals surface area contributed by atoms with Gasteiger partial charge in [-0.3, -0.25) is 19.2 Å². The number of carbonyl (C=O) groups is 1. The lowest BCUT2D eigenvalue weighted by Crippen LogP contribution is -2.52. The Morgan fingerprint density at radius 1 is 1.23 bits per heavy atom. The lowest BCUT2D eigenvalue weighted by Gasteiger charge is -2.39. The van der Waals surface area contributed by atoms with E-state index in [1.165, 1.54) is 19.2 Å². The molecular formula is C24H31N3O7S. The number of sulfonamides is 1. The van der Waals surface area contributed by atoms with Crippen molar-refractivity contribution in [2.24, 2.45) is 0 Å². The van der Waals surface area contributed by atoms with Crippen LogP contribution in [0.1, 0.15) is 31.7 Å². The van der Waals surface area contributed by atoms with E-state index in [2.05, 4.69) is 5.32 Å². The Balaban J connectivity index is 1.95. The van der Waals surface area contributed by atoms with Crippen LogP contribution in [-0.4, -0.2) is 58.4 Å². The van der Waals surface area contributed by atoms with Gasteiger partial charge in [0.2, 0.25) is 15.9 Å². The van der Waals surface area contributed by atoms with Gasteiger partial charge in [-0.25, -0.2) is 8.42 Å². The second-order valence-electron chi connectivity index (χ2n) is 8.57. The summed E-state index contributed by atoms with van der Waals surface area (Å²) < 4.78 is 37.5. The van der Waals surface area contributed by atoms with Crippen LogP contribution in [0.2, 0.25) is 0 Å². The van der Waals surface area contributed by atoms with Crippen LogP contribution >= 0.6 is 0 Å². The fraction of sp³-hybridized carbons (Fsp3) is 0.458. The minimum atomic E-state index is -4.01. The number of non-ortho nitro benzene ring substituents is 1. The van der Waals surface area contributed by atoms with Crippen molar-refractivity contribution in [3.8, 4) is 5.75 Å². The van der Waals surface area contributed by atoms with Gasteiger partial charge in [0.05, 0.1) is 18.3 Å². The number of anilines is 1. The van der Waals surface area contributed by atoms with E-state index in [-0.39, 0.29) is 29.0 Å². The van der Waals surface area contributed by atoms with Crippen LogP contribution in [-0.2, 0) is 25.0 Å². The van der Waals surface area contributed by atoms with Crippen LogP contribution in [0.3, 0.4) is 0 Å². The average Bonchev–Trinajstić information content (AvgIpc) is 2.85. The summed E-state index contributed by atoms with van der Waals surface area (Å²) in [4.78, 5) is 24.2. The molecule has 0 aromatic heterocycles. The predicted molar refractivity (Wildman–Crippen MR) is 132 cm³/mol. The van der Waals surface area contributed by atoms with Gasteiger partial charge in [0.1, 0.15) is 17.5 Å². The normalized spacial score (nSPS) is 16.2. The third-order valence-corrected chi connectivity index (χ3v) is 7.54. The topological polar surface area (TPSA) is 128 Å². The highest BCUT2D eigenvalue weighted by atomic mass is 32.2. The lowest BCUT2D eigenvalue weighted by molar-refractivity contribution is -0.384. The number of nitrogens with zero attached hydrogens (tertiary/aromatic N) is 2. The maximum atomic E-state index is 13.4. The Kier molecular flexibility index (Phi) is 8.34. The number of nitro groups is 1. The molecule has 0 spiro atoms. The van der Waals surface area contributed by atoms with Crippen molar-refractivity contribution in [1.29, 1.82) is 0 Å². The Morgan fingerprint density at radius 3 is 2.43 bits per heavy atom. The Labute approximate surface area is 205 Å². The first kappa shape index (κ1) is 26.4. The molecule has 10 nitrogen and oxygen atoms in total. The number of benzene rings is 2. The summed E-state index contributed by atoms with van der Waals surface area (Å²) in [5.74, 6) is -0.384. The van der Waals surface area contributed by atoms with Crippen LogP contribution in [0, 0.1) is 10.1 Å². The first-order valence-corrected chi connectivity index (χ1v) is 13.2. The zero-order valence-electron chi connectivity index (χ0n) is 20.1. The number of amides is 1. The predicted octanol–water partition coefficient (Wildman–Crippen LogP) is 3.01. The fourth-order valence-electron chi connectivity index (χ4n) is 4.50. The first-order valence-electron chi connectivity index (χ1n) is 11.4. The number of ether oxygens (including phenoxy) is 2. The van der Waals surface area contributed by atoms with Crippen molar-refractivity contribution in [3.05, 3.63) is 64.2 Å². The SMILES string of the molecule is CCC(C(=O)NCC1(c2ccccc2)CCOCC1)N(c1cc([N+](=O)[O-])ccc1OC)S(C)(=O)=O. The van der Waals surface area contributed by atoms with Gasteiger partial charge < -0.3 is 14.8 Å². The highest BCUT2D eigenvalue weighted by Crippen LogP contribution is 2.37. The number of nitrogens with one attached hydrogen (secondary N) is 1. The number of hydrogen-bond donors (Lipinski definition) is 1. The molecule has 0 aliphatic carbocycles. The average molecular weight is 506 g/mol. The molecule has 1 saturated heterocycles. The Hall–Kier alpha value is -3.18. The molecule has 1 fully saturated rings. The summed E-state index contributed by atoms with van der Waals surface area (Å²) in [6.45, 7) is 3.11. The van der Waals surface area contributed by atoms with Crippen molar-refractivity contribution >= 4 is 27.3 Å². The van der Waals surface area contributed by atoms with E-state index in [4.69, 9.17) is 9.47 Å². The van der Waals surface area contributed by atoms with Gasteiger partial charge in [0.15, 0.2) is 0 Å². The molecule has 1 heterocycles. The van der Waals surface area contributed by atoms with Crippen LogP contribution in [0.25, 0.3) is 0 Å². The molecule has 1 N–H and O–H groups in total. The molecule has 0 bridgehead atoms. The summed E-state index contributed by atoms with van der Waals surface area (Å²) >= 11 is 0. The summed E-state index contributed by atoms with van der Waals surface area (Å²) in [7, 11) is -2.68. The van der Waals surface area contributed by atoms with Crippen LogP contribution < -0.4 is 14.4 Å². The van der Waals surface area contributed by atoms with E-state index in [1.54, 1.807) is 6.92 Å². The molecule has 1 aliphatic rings. The van der Waals surface area contributed by atoms with Crippen molar-refractivity contribution in [1.82, 2.24) is 5.32 Å². The quantitative estimate of drug-likeness (QED) is 0.388. The van der Waals surface area contributed by atoms with Gasteiger partial charge >= 0.3 is 0 Å². The number of nitro benzene ring substituents is 1. The molecule has 1 aliphatic heterocycles. The number of rotatable bonds is 10. The molecule has 35 heavy (non-hydrogen) atoms. The summed E-state index contributed by atoms with van der Waals surface area (Å²) in [6.07, 6.45) is 2.53. The van der Waals surface area contributed by atoms with Crippen molar-refractivity contribution in [2.45, 2.75) is 37.6 Å². The second-order valence-corrected chi connectivity index (χ2v) is 10.4. The standard InChI is InChI=1S/C24H31N3O7S/c1-4-20(26(35(3,31)32)21-16-19(27(29)30)10-11-22(21)33-2)23(28)25-17-24(12-14-34-15-13-24)18-8-6-5-7-9-18/h5-11,16,20H,4,12-15,17H2,1-3H3,(H,25,28). The van der Waals surface area contributed by atoms with Gasteiger partial charge in [0.25, 0.3) is 5.69 Å². The van der Waals surface area contributed by atoms with E-state index < -0.39 is 26.9 Å². The number of carbonyl (C=O) groups excluding carboxylic acids is 1. The van der Waals surface area contributed by atoms with Crippen molar-refractivity contribution in [3.63, 3.8) is 0 Å². The molecule has 1 unspecified atom stereocenters. The maximum Gasteiger partial charge on any atom is 0.271 e. The molecule has 190 valence electrons. The third kappa shape index (κ3) is 5.91. The molecule has 0 saturated carbocycles. The minimum absolute atomic E-state index is 0.0601. The van der Waals surface area contributed by atoms with Crippen molar-refractivity contribution in [2.75, 3.05) is 37.4 Å². The molecule has 3 rings (SSSR count). The Bertz CT molecular complexity index is 1150. The Morgan fingerprint density at radius 2 is 1.89 bits per heavy atom. The first-order chi connectivity index (χ1) is 16.6. The zero-order valence-corrected chi connectivity index (χ0v) is 20.9. The molecule has 11 heteroatoms. The van der Waals surface area contributed by atoms with Gasteiger partial charge in [-0.05, 0) is 30.9 Å². The van der Waals surface area contributed by atoms with Crippen LogP contribution in [0.15, 0.2) is 48.5 Å². The van der Waals surface area contributed by atoms with Crippen LogP contribution in [0.5, 0.6) is 5.75 Å². The van der Waals surface area contributed by atoms with Gasteiger partial charge in [0, 0.05) is 37.3 Å². The van der Waals surface area contributed by atoms with E-state index in [0.717, 1.165) is 22.2 Å². The smallest absolute Gasteiger partial charge is 0.271 e. The maximum absolute atomic E-state index is 13.4. The van der Waals surface area contributed by atoms with E-state index in [9.17, 15) is 23.3 Å². The third-order valence-electron chi connectivity index (χ3n) is 6.38. The molecule has 2 aromatic rings. The van der Waals surface area contributed by atoms with Gasteiger partial charge in [-0.1, -0.05) is 37.3 Å². The second kappa shape index (κ2) is 11.0. The monoisotopic (exact) mass is 505 g/mol. The minimum Gasteiger partial charge on any atom is -0.495 e. The van der Waals surface area contributed by atoms with Crippen molar-refractivity contribution < 1.29 is 27.6 Å². The van der Waals surface area contributed by atoms with E-state index >= 15 is 0 Å². The highest BCUT2D eigenvalue weighted by Gasteiger charge is 2.38. The zero-order chi connectivity index (χ0) is 25.6. The number of hydrogen-bond acceptors (Lipinski definition) is 7. The lowest BCUT2D eigenvalue weighted by atomic mass is 9.74. The number of methoxy groups -OCH3 is 1. The van der Waals surface area contributed by atoms with Crippen LogP contribution in [0.4, 0.5) is 11.4 Å². The molecule has 1 atom stereocenters. The summed E-state index contributed by atoms with van der Waals surface area (Å²) in [5.41, 5.74) is 0.369. The fourth-order valence-corrected chi connectivity index (χ4v) is 5.70. The largest absolute Gasteiger partial charge is 0.495 e. The highest BCUT2D eigenvalue weighted by molar-refractivity contribution is 7.92. The molecule has 2 aromatic carbocycles. The van der Waals surface area contributed by atoms with E-state index in [0.29, 0.717) is 32.6 Å². The molecule has 0 radical (unpaired) electrons. The molecule has 1 amide bonds. The van der Waals surface area contributed by atoms with Gasteiger partial charge in [-0.2, -0.15) is 0 Å². The summed E-state index contributed by atoms with van der Waals surface area (Å²) in [5, 5.41) is 14.3.